The molecule has 2 aliphatic heterocycles. The largest absolute Gasteiger partial charge is 0.375 e. The molecule has 19 heavy (non-hydrogen) atoms. The second-order valence-electron chi connectivity index (χ2n) is 6.02. The number of hydrogen-bond donors (Lipinski definition) is 1. The number of ether oxygens (including phenoxy) is 1. The normalized spacial score (nSPS) is 30.9. The van der Waals surface area contributed by atoms with E-state index in [1.54, 1.807) is 0 Å². The second-order valence-corrected chi connectivity index (χ2v) is 6.02. The van der Waals surface area contributed by atoms with E-state index in [0.29, 0.717) is 24.2 Å². The van der Waals surface area contributed by atoms with Crippen molar-refractivity contribution in [1.29, 1.82) is 0 Å². The van der Waals surface area contributed by atoms with E-state index in [9.17, 15) is 0 Å². The average Bonchev–Trinajstić information content (AvgIpc) is 3.10. The van der Waals surface area contributed by atoms with Crippen molar-refractivity contribution >= 4 is 0 Å². The summed E-state index contributed by atoms with van der Waals surface area (Å²) in [6.07, 6.45) is 9.02. The topological polar surface area (TPSA) is 39.1 Å². The fourth-order valence-corrected chi connectivity index (χ4v) is 3.60. The highest BCUT2D eigenvalue weighted by Gasteiger charge is 2.44. The second kappa shape index (κ2) is 5.63. The zero-order chi connectivity index (χ0) is 13.2. The van der Waals surface area contributed by atoms with Gasteiger partial charge in [-0.05, 0) is 38.3 Å². The zero-order valence-electron chi connectivity index (χ0n) is 12.0. The fraction of sp³-hybridized carbons (Fsp3) is 0.800. The van der Waals surface area contributed by atoms with Crippen LogP contribution >= 0.6 is 0 Å². The number of rotatable bonds is 6. The molecule has 3 heterocycles. The number of fused-ring (bicyclic) bond motifs is 2. The minimum atomic E-state index is 0.489. The minimum Gasteiger partial charge on any atom is -0.375 e. The SMILES string of the molecule is CCCNC(Cc1ccn(C)n1)C1CC2CCC1O2. The van der Waals surface area contributed by atoms with Crippen LogP contribution in [0.1, 0.15) is 38.3 Å². The predicted molar refractivity (Wildman–Crippen MR) is 75.0 cm³/mol. The highest BCUT2D eigenvalue weighted by Crippen LogP contribution is 2.40. The highest BCUT2D eigenvalue weighted by molar-refractivity contribution is 5.05. The third kappa shape index (κ3) is 2.84. The van der Waals surface area contributed by atoms with Gasteiger partial charge in [-0.25, -0.2) is 0 Å². The lowest BCUT2D eigenvalue weighted by molar-refractivity contribution is 0.0856. The van der Waals surface area contributed by atoms with Crippen LogP contribution in [-0.2, 0) is 18.2 Å². The minimum absolute atomic E-state index is 0.489. The van der Waals surface area contributed by atoms with Crippen molar-refractivity contribution in [3.05, 3.63) is 18.0 Å². The molecular formula is C15H25N3O. The molecule has 4 heteroatoms. The van der Waals surface area contributed by atoms with Gasteiger partial charge in [0.05, 0.1) is 17.9 Å². The Hall–Kier alpha value is -0.870. The molecule has 0 radical (unpaired) electrons. The van der Waals surface area contributed by atoms with Crippen LogP contribution < -0.4 is 5.32 Å². The smallest absolute Gasteiger partial charge is 0.0640 e. The van der Waals surface area contributed by atoms with Crippen LogP contribution in [-0.4, -0.2) is 34.6 Å². The zero-order valence-corrected chi connectivity index (χ0v) is 12.0. The van der Waals surface area contributed by atoms with Gasteiger partial charge in [0.1, 0.15) is 0 Å². The number of aryl methyl sites for hydroxylation is 1. The Bertz CT molecular complexity index is 417. The van der Waals surface area contributed by atoms with Crippen LogP contribution in [0.2, 0.25) is 0 Å². The third-order valence-corrected chi connectivity index (χ3v) is 4.52. The first kappa shape index (κ1) is 13.1. The van der Waals surface area contributed by atoms with Gasteiger partial charge in [0, 0.05) is 31.6 Å². The molecule has 3 rings (SSSR count). The number of nitrogens with one attached hydrogen (secondary N) is 1. The average molecular weight is 263 g/mol. The summed E-state index contributed by atoms with van der Waals surface area (Å²) in [5.74, 6) is 0.673. The van der Waals surface area contributed by atoms with Gasteiger partial charge in [-0.15, -0.1) is 0 Å². The van der Waals surface area contributed by atoms with Gasteiger partial charge in [0.25, 0.3) is 0 Å². The number of hydrogen-bond acceptors (Lipinski definition) is 3. The Morgan fingerprint density at radius 3 is 3.00 bits per heavy atom. The van der Waals surface area contributed by atoms with Crippen molar-refractivity contribution in [3.8, 4) is 0 Å². The van der Waals surface area contributed by atoms with Crippen molar-refractivity contribution in [3.63, 3.8) is 0 Å². The molecule has 0 aliphatic carbocycles. The number of nitrogens with zero attached hydrogens (tertiary/aromatic N) is 2. The molecule has 2 saturated heterocycles. The molecule has 1 aromatic heterocycles. The van der Waals surface area contributed by atoms with Gasteiger partial charge in [-0.3, -0.25) is 4.68 Å². The summed E-state index contributed by atoms with van der Waals surface area (Å²) in [5, 5.41) is 8.25. The summed E-state index contributed by atoms with van der Waals surface area (Å²) >= 11 is 0. The van der Waals surface area contributed by atoms with Gasteiger partial charge in [0.2, 0.25) is 0 Å². The Kier molecular flexibility index (Phi) is 3.89. The molecule has 2 fully saturated rings. The molecule has 4 nitrogen and oxygen atoms in total. The van der Waals surface area contributed by atoms with E-state index in [1.165, 1.54) is 31.4 Å². The maximum Gasteiger partial charge on any atom is 0.0640 e. The first-order valence-electron chi connectivity index (χ1n) is 7.63. The summed E-state index contributed by atoms with van der Waals surface area (Å²) in [7, 11) is 1.98. The first-order chi connectivity index (χ1) is 9.26. The predicted octanol–water partition coefficient (Wildman–Crippen LogP) is 1.90. The van der Waals surface area contributed by atoms with Crippen molar-refractivity contribution in [1.82, 2.24) is 15.1 Å². The molecule has 2 aliphatic rings. The van der Waals surface area contributed by atoms with Gasteiger partial charge in [-0.2, -0.15) is 5.10 Å². The van der Waals surface area contributed by atoms with Crippen molar-refractivity contribution in [2.45, 2.75) is 57.3 Å². The maximum absolute atomic E-state index is 6.02. The third-order valence-electron chi connectivity index (χ3n) is 4.52. The molecule has 0 spiro atoms. The Balaban J connectivity index is 1.66. The van der Waals surface area contributed by atoms with Crippen LogP contribution in [0.15, 0.2) is 12.3 Å². The van der Waals surface area contributed by atoms with Gasteiger partial charge in [-0.1, -0.05) is 6.92 Å². The fourth-order valence-electron chi connectivity index (χ4n) is 3.60. The van der Waals surface area contributed by atoms with Crippen molar-refractivity contribution in [2.24, 2.45) is 13.0 Å². The molecule has 1 aromatic rings. The standard InChI is InChI=1S/C15H25N3O/c1-3-7-16-14(9-11-6-8-18(2)17-11)13-10-12-4-5-15(13)19-12/h6,8,12-16H,3-5,7,9-10H2,1-2H3. The van der Waals surface area contributed by atoms with Crippen LogP contribution in [0.25, 0.3) is 0 Å². The number of aromatic nitrogens is 2. The summed E-state index contributed by atoms with van der Waals surface area (Å²) < 4.78 is 7.92. The van der Waals surface area contributed by atoms with Crippen LogP contribution in [0.5, 0.6) is 0 Å². The van der Waals surface area contributed by atoms with Crippen LogP contribution in [0, 0.1) is 5.92 Å². The van der Waals surface area contributed by atoms with Crippen LogP contribution in [0.4, 0.5) is 0 Å². The van der Waals surface area contributed by atoms with Gasteiger partial charge >= 0.3 is 0 Å². The lowest BCUT2D eigenvalue weighted by Crippen LogP contribution is -2.42. The van der Waals surface area contributed by atoms with E-state index < -0.39 is 0 Å². The summed E-state index contributed by atoms with van der Waals surface area (Å²) in [5.41, 5.74) is 1.19. The molecule has 1 N–H and O–H groups in total. The molecule has 0 saturated carbocycles. The summed E-state index contributed by atoms with van der Waals surface area (Å²) in [6.45, 7) is 3.31. The van der Waals surface area contributed by atoms with Crippen molar-refractivity contribution in [2.75, 3.05) is 6.54 Å². The van der Waals surface area contributed by atoms with E-state index in [2.05, 4.69) is 23.4 Å². The highest BCUT2D eigenvalue weighted by atomic mass is 16.5. The van der Waals surface area contributed by atoms with E-state index in [1.807, 2.05) is 17.9 Å². The molecule has 106 valence electrons. The summed E-state index contributed by atoms with van der Waals surface area (Å²) in [4.78, 5) is 0. The Morgan fingerprint density at radius 1 is 1.53 bits per heavy atom. The van der Waals surface area contributed by atoms with Crippen molar-refractivity contribution < 1.29 is 4.74 Å². The molecule has 0 amide bonds. The lowest BCUT2D eigenvalue weighted by atomic mass is 9.82. The van der Waals surface area contributed by atoms with E-state index in [4.69, 9.17) is 4.74 Å². The molecular weight excluding hydrogens is 238 g/mol. The molecule has 2 bridgehead atoms. The van der Waals surface area contributed by atoms with E-state index in [-0.39, 0.29) is 0 Å². The maximum atomic E-state index is 6.02. The molecule has 0 aromatic carbocycles. The first-order valence-corrected chi connectivity index (χ1v) is 7.63. The Morgan fingerprint density at radius 2 is 2.42 bits per heavy atom. The van der Waals surface area contributed by atoms with E-state index in [0.717, 1.165) is 13.0 Å². The van der Waals surface area contributed by atoms with Gasteiger partial charge < -0.3 is 10.1 Å². The monoisotopic (exact) mass is 263 g/mol. The van der Waals surface area contributed by atoms with Gasteiger partial charge in [0.15, 0.2) is 0 Å². The molecule has 4 atom stereocenters. The van der Waals surface area contributed by atoms with E-state index >= 15 is 0 Å². The van der Waals surface area contributed by atoms with Crippen LogP contribution in [0.3, 0.4) is 0 Å². The summed E-state index contributed by atoms with van der Waals surface area (Å²) in [6, 6.07) is 2.65. The lowest BCUT2D eigenvalue weighted by Gasteiger charge is -2.29. The Labute approximate surface area is 115 Å². The molecule has 4 unspecified atom stereocenters. The quantitative estimate of drug-likeness (QED) is 0.852.